The first-order valence-corrected chi connectivity index (χ1v) is 7.92. The standard InChI is InChI=1S/C16H30O3.Na/c1-2-3-4-5-6-7-8-9-10-11-12-13-14-15(17)16(18)19;/h2-14H2,1H3,(H,18,19);/q;+1/p-1. The SMILES string of the molecule is CCCCCCCCCCCCCCC(=O)C(=O)[O-].[Na+]. The summed E-state index contributed by atoms with van der Waals surface area (Å²) in [4.78, 5) is 20.9. The van der Waals surface area contributed by atoms with Gasteiger partial charge in [-0.15, -0.1) is 0 Å². The maximum atomic E-state index is 10.8. The van der Waals surface area contributed by atoms with Crippen molar-refractivity contribution in [3.8, 4) is 0 Å². The first kappa shape index (κ1) is 22.4. The van der Waals surface area contributed by atoms with Crippen LogP contribution in [0, 0.1) is 0 Å². The number of hydrogen-bond donors (Lipinski definition) is 0. The molecule has 0 aromatic rings. The molecular formula is C16H29NaO3. The van der Waals surface area contributed by atoms with Gasteiger partial charge in [0.25, 0.3) is 0 Å². The van der Waals surface area contributed by atoms with Crippen molar-refractivity contribution >= 4 is 11.8 Å². The fourth-order valence-electron chi connectivity index (χ4n) is 2.23. The van der Waals surface area contributed by atoms with Crippen molar-refractivity contribution in [2.24, 2.45) is 0 Å². The Balaban J connectivity index is 0. The predicted molar refractivity (Wildman–Crippen MR) is 75.7 cm³/mol. The minimum absolute atomic E-state index is 0. The Kier molecular flexibility index (Phi) is 19.3. The Labute approximate surface area is 146 Å². The van der Waals surface area contributed by atoms with Crippen molar-refractivity contribution in [3.05, 3.63) is 0 Å². The molecule has 0 aromatic carbocycles. The maximum Gasteiger partial charge on any atom is 1.00 e. The van der Waals surface area contributed by atoms with Gasteiger partial charge in [0, 0.05) is 6.42 Å². The first-order valence-electron chi connectivity index (χ1n) is 7.92. The molecule has 0 fully saturated rings. The van der Waals surface area contributed by atoms with E-state index in [9.17, 15) is 14.7 Å². The molecule has 0 bridgehead atoms. The molecular weight excluding hydrogens is 263 g/mol. The van der Waals surface area contributed by atoms with E-state index in [1.54, 1.807) is 0 Å². The Morgan fingerprint density at radius 3 is 1.40 bits per heavy atom. The predicted octanol–water partition coefficient (Wildman–Crippen LogP) is 0.401. The molecule has 0 saturated carbocycles. The van der Waals surface area contributed by atoms with Crippen LogP contribution in [0.15, 0.2) is 0 Å². The Morgan fingerprint density at radius 2 is 1.05 bits per heavy atom. The number of ketones is 1. The monoisotopic (exact) mass is 292 g/mol. The summed E-state index contributed by atoms with van der Waals surface area (Å²) in [7, 11) is 0. The van der Waals surface area contributed by atoms with Gasteiger partial charge >= 0.3 is 29.6 Å². The van der Waals surface area contributed by atoms with E-state index < -0.39 is 11.8 Å². The van der Waals surface area contributed by atoms with Crippen LogP contribution in [0.3, 0.4) is 0 Å². The molecule has 0 saturated heterocycles. The van der Waals surface area contributed by atoms with Gasteiger partial charge in [0.15, 0.2) is 5.78 Å². The van der Waals surface area contributed by atoms with E-state index in [-0.39, 0.29) is 36.0 Å². The summed E-state index contributed by atoms with van der Waals surface area (Å²) in [5.74, 6) is -2.30. The molecule has 0 aliphatic carbocycles. The third-order valence-corrected chi connectivity index (χ3v) is 3.49. The van der Waals surface area contributed by atoms with Crippen LogP contribution in [0.25, 0.3) is 0 Å². The Hall–Kier alpha value is 0.140. The van der Waals surface area contributed by atoms with E-state index in [0.717, 1.165) is 12.8 Å². The van der Waals surface area contributed by atoms with E-state index >= 15 is 0 Å². The molecule has 3 nitrogen and oxygen atoms in total. The van der Waals surface area contributed by atoms with Gasteiger partial charge in [-0.3, -0.25) is 4.79 Å². The minimum Gasteiger partial charge on any atom is -0.542 e. The molecule has 0 amide bonds. The van der Waals surface area contributed by atoms with Crippen LogP contribution >= 0.6 is 0 Å². The Morgan fingerprint density at radius 1 is 0.700 bits per heavy atom. The van der Waals surface area contributed by atoms with Crippen molar-refractivity contribution in [3.63, 3.8) is 0 Å². The molecule has 4 heteroatoms. The van der Waals surface area contributed by atoms with Crippen LogP contribution in [-0.2, 0) is 9.59 Å². The summed E-state index contributed by atoms with van der Waals surface area (Å²) in [6.45, 7) is 2.24. The second kappa shape index (κ2) is 17.2. The third kappa shape index (κ3) is 16.2. The topological polar surface area (TPSA) is 57.2 Å². The summed E-state index contributed by atoms with van der Waals surface area (Å²) < 4.78 is 0. The van der Waals surface area contributed by atoms with Crippen LogP contribution < -0.4 is 34.7 Å². The van der Waals surface area contributed by atoms with Crippen molar-refractivity contribution in [2.75, 3.05) is 0 Å². The molecule has 0 heterocycles. The minimum atomic E-state index is -1.54. The third-order valence-electron chi connectivity index (χ3n) is 3.49. The zero-order valence-corrected chi connectivity index (χ0v) is 15.4. The molecule has 0 aliphatic heterocycles. The smallest absolute Gasteiger partial charge is 0.542 e. The summed E-state index contributed by atoms with van der Waals surface area (Å²) in [6, 6.07) is 0. The molecule has 0 rings (SSSR count). The zero-order chi connectivity index (χ0) is 14.3. The maximum absolute atomic E-state index is 10.8. The number of aliphatic carboxylic acids is 1. The van der Waals surface area contributed by atoms with Crippen molar-refractivity contribution in [1.29, 1.82) is 0 Å². The molecule has 0 aliphatic rings. The fourth-order valence-corrected chi connectivity index (χ4v) is 2.23. The molecule has 112 valence electrons. The van der Waals surface area contributed by atoms with Gasteiger partial charge in [0.1, 0.15) is 5.97 Å². The molecule has 0 N–H and O–H groups in total. The molecule has 0 unspecified atom stereocenters. The first-order chi connectivity index (χ1) is 9.18. The van der Waals surface area contributed by atoms with E-state index in [0.29, 0.717) is 6.42 Å². The van der Waals surface area contributed by atoms with E-state index in [1.807, 2.05) is 0 Å². The number of rotatable bonds is 14. The normalized spacial score (nSPS) is 10.1. The second-order valence-electron chi connectivity index (χ2n) is 5.35. The molecule has 0 aromatic heterocycles. The number of hydrogen-bond acceptors (Lipinski definition) is 3. The van der Waals surface area contributed by atoms with Crippen LogP contribution in [-0.4, -0.2) is 11.8 Å². The van der Waals surface area contributed by atoms with Crippen molar-refractivity contribution in [1.82, 2.24) is 0 Å². The van der Waals surface area contributed by atoms with Gasteiger partial charge in [0.2, 0.25) is 0 Å². The van der Waals surface area contributed by atoms with Crippen LogP contribution in [0.1, 0.15) is 90.4 Å². The quantitative estimate of drug-likeness (QED) is 0.264. The van der Waals surface area contributed by atoms with Gasteiger partial charge in [-0.1, -0.05) is 77.6 Å². The van der Waals surface area contributed by atoms with E-state index in [1.165, 1.54) is 57.8 Å². The molecule has 20 heavy (non-hydrogen) atoms. The summed E-state index contributed by atoms with van der Waals surface area (Å²) in [6.07, 6.45) is 14.8. The number of carbonyl (C=O) groups excluding carboxylic acids is 2. The average Bonchev–Trinajstić information content (AvgIpc) is 2.39. The van der Waals surface area contributed by atoms with Crippen molar-refractivity contribution in [2.45, 2.75) is 90.4 Å². The molecule has 0 spiro atoms. The number of carbonyl (C=O) groups is 2. The van der Waals surface area contributed by atoms with Gasteiger partial charge in [0.05, 0.1) is 0 Å². The summed E-state index contributed by atoms with van der Waals surface area (Å²) in [5.41, 5.74) is 0. The van der Waals surface area contributed by atoms with Crippen LogP contribution in [0.2, 0.25) is 0 Å². The number of carboxylic acids is 1. The summed E-state index contributed by atoms with van der Waals surface area (Å²) in [5, 5.41) is 10.2. The Bertz CT molecular complexity index is 242. The number of Topliss-reactive ketones (excluding diaryl/α,β-unsaturated/α-hetero) is 1. The average molecular weight is 292 g/mol. The van der Waals surface area contributed by atoms with Crippen molar-refractivity contribution < 1.29 is 44.3 Å². The second-order valence-corrected chi connectivity index (χ2v) is 5.35. The van der Waals surface area contributed by atoms with E-state index in [2.05, 4.69) is 6.92 Å². The van der Waals surface area contributed by atoms with Crippen LogP contribution in [0.4, 0.5) is 0 Å². The molecule has 0 radical (unpaired) electrons. The van der Waals surface area contributed by atoms with Gasteiger partial charge in [-0.25, -0.2) is 0 Å². The number of carboxylic acid groups (broad SMARTS) is 1. The van der Waals surface area contributed by atoms with Crippen LogP contribution in [0.5, 0.6) is 0 Å². The van der Waals surface area contributed by atoms with Gasteiger partial charge in [-0.05, 0) is 6.42 Å². The van der Waals surface area contributed by atoms with Gasteiger partial charge < -0.3 is 9.90 Å². The largest absolute Gasteiger partial charge is 1.00 e. The van der Waals surface area contributed by atoms with E-state index in [4.69, 9.17) is 0 Å². The fraction of sp³-hybridized carbons (Fsp3) is 0.875. The zero-order valence-electron chi connectivity index (χ0n) is 13.4. The molecule has 0 atom stereocenters. The van der Waals surface area contributed by atoms with Gasteiger partial charge in [-0.2, -0.15) is 0 Å². The summed E-state index contributed by atoms with van der Waals surface area (Å²) >= 11 is 0. The number of unbranched alkanes of at least 4 members (excludes halogenated alkanes) is 11.